The summed E-state index contributed by atoms with van der Waals surface area (Å²) in [6.45, 7) is -7.33. The van der Waals surface area contributed by atoms with Gasteiger partial charge in [-0.2, -0.15) is 0 Å². The quantitative estimate of drug-likeness (QED) is 0.113. The fourth-order valence-corrected chi connectivity index (χ4v) is 10.4. The second-order valence-corrected chi connectivity index (χ2v) is 19.7. The van der Waals surface area contributed by atoms with E-state index >= 15 is 0 Å². The molecule has 21 saturated heterocycles. The topological polar surface area (TPSA) is 554 Å². The van der Waals surface area contributed by atoms with E-state index in [9.17, 15) is 107 Å². The number of hydrogen-bond donors (Lipinski definition) is 21. The minimum absolute atomic E-state index is 1.05. The van der Waals surface area contributed by atoms with Crippen LogP contribution in [-0.4, -0.2) is 368 Å². The smallest absolute Gasteiger partial charge is 0.187 e. The summed E-state index contributed by atoms with van der Waals surface area (Å²) in [5.74, 6) is 0. The first-order chi connectivity index (χ1) is 36.7. The molecule has 35 heteroatoms. The molecular formula is C42H70O35. The fraction of sp³-hybridized carbons (Fsp3) is 1.00. The summed E-state index contributed by atoms with van der Waals surface area (Å²) in [5, 5.41) is 230. The van der Waals surface area contributed by atoms with Crippen molar-refractivity contribution >= 4 is 0 Å². The number of aliphatic hydroxyl groups excluding tert-OH is 21. The summed E-state index contributed by atoms with van der Waals surface area (Å²) < 4.78 is 79.5. The van der Waals surface area contributed by atoms with E-state index in [-0.39, 0.29) is 0 Å². The van der Waals surface area contributed by atoms with E-state index in [1.807, 2.05) is 0 Å². The van der Waals surface area contributed by atoms with Crippen LogP contribution in [0.1, 0.15) is 0 Å². The van der Waals surface area contributed by atoms with Crippen LogP contribution < -0.4 is 0 Å². The molecule has 0 aliphatic carbocycles. The lowest BCUT2D eigenvalue weighted by atomic mass is 9.95. The maximum absolute atomic E-state index is 11.3. The standard InChI is InChI=1S/C42H70O35/c43-1-8-29-15(50)22(57)36(64-8)72-30-9(2-44)66-38(24(59)17(30)52)74-32-11(4-46)68-40(26(61)19(32)54)76-34-13(6-48)70-42(28(63)21(34)56)77-35-14(7-49)69-41(27(62)20(35)55)75-33-12(5-47)67-39(25(60)18(33)53)73-31-10(3-45)65-37(71-29)23(58)16(31)51/h8-63H,1-7H2/t8-,9-,10-,11-,12-,13-,14-,15-,16-,17-,18-,19-,20-,21-,22-,23?,24?,25-,26-,27?,28?,29?,30-,31?,32?,33?,34-,35?,36?,37?,38+,39?,40?,41?,42?/m1/s1. The Kier molecular flexibility index (Phi) is 20.8. The van der Waals surface area contributed by atoms with E-state index in [1.54, 1.807) is 0 Å². The third-order valence-corrected chi connectivity index (χ3v) is 14.8. The molecule has 21 aliphatic heterocycles. The van der Waals surface area contributed by atoms with E-state index in [0.29, 0.717) is 0 Å². The molecule has 35 atom stereocenters. The molecule has 21 N–H and O–H groups in total. The van der Waals surface area contributed by atoms with Gasteiger partial charge < -0.3 is 174 Å². The molecule has 21 aliphatic rings. The van der Waals surface area contributed by atoms with E-state index in [1.165, 1.54) is 0 Å². The molecule has 21 heterocycles. The lowest BCUT2D eigenvalue weighted by Crippen LogP contribution is -2.68. The Labute approximate surface area is 434 Å². The Morgan fingerprint density at radius 1 is 0.156 bits per heavy atom. The van der Waals surface area contributed by atoms with Gasteiger partial charge in [-0.1, -0.05) is 0 Å². The first-order valence-corrected chi connectivity index (χ1v) is 24.6. The van der Waals surface area contributed by atoms with Crippen molar-refractivity contribution in [2.75, 3.05) is 46.2 Å². The van der Waals surface area contributed by atoms with Gasteiger partial charge >= 0.3 is 0 Å². The number of hydrogen-bond acceptors (Lipinski definition) is 35. The molecule has 21 rings (SSSR count). The van der Waals surface area contributed by atoms with Crippen LogP contribution in [0.15, 0.2) is 0 Å². The third kappa shape index (κ3) is 12.1. The van der Waals surface area contributed by atoms with Crippen molar-refractivity contribution in [3.63, 3.8) is 0 Å². The molecule has 77 heavy (non-hydrogen) atoms. The van der Waals surface area contributed by atoms with Crippen LogP contribution in [-0.2, 0) is 66.3 Å². The first kappa shape index (κ1) is 61.7. The van der Waals surface area contributed by atoms with Crippen LogP contribution in [0.5, 0.6) is 0 Å². The van der Waals surface area contributed by atoms with Crippen LogP contribution >= 0.6 is 0 Å². The molecule has 0 radical (unpaired) electrons. The molecule has 35 nitrogen and oxygen atoms in total. The predicted octanol–water partition coefficient (Wildman–Crippen LogP) is -15.2. The fourth-order valence-electron chi connectivity index (χ4n) is 10.4. The molecule has 0 amide bonds. The zero-order valence-corrected chi connectivity index (χ0v) is 40.3. The van der Waals surface area contributed by atoms with Gasteiger partial charge in [0.15, 0.2) is 44.0 Å². The van der Waals surface area contributed by atoms with E-state index in [0.717, 1.165) is 0 Å². The van der Waals surface area contributed by atoms with E-state index in [4.69, 9.17) is 66.3 Å². The van der Waals surface area contributed by atoms with Gasteiger partial charge in [-0.25, -0.2) is 0 Å². The third-order valence-electron chi connectivity index (χ3n) is 14.8. The summed E-state index contributed by atoms with van der Waals surface area (Å²) in [4.78, 5) is 0. The summed E-state index contributed by atoms with van der Waals surface area (Å²) in [6.07, 6.45) is -70.2. The van der Waals surface area contributed by atoms with Crippen LogP contribution in [0.2, 0.25) is 0 Å². The Balaban J connectivity index is 1.08. The molecule has 448 valence electrons. The molecule has 21 fully saturated rings. The highest BCUT2D eigenvalue weighted by molar-refractivity contribution is 5.01. The summed E-state index contributed by atoms with van der Waals surface area (Å²) >= 11 is 0. The van der Waals surface area contributed by atoms with E-state index in [2.05, 4.69) is 0 Å². The minimum atomic E-state index is -2.21. The monoisotopic (exact) mass is 1130 g/mol. The van der Waals surface area contributed by atoms with Crippen LogP contribution in [0.3, 0.4) is 0 Å². The molecule has 0 spiro atoms. The molecule has 0 aromatic rings. The average molecular weight is 1130 g/mol. The number of rotatable bonds is 7. The van der Waals surface area contributed by atoms with Crippen LogP contribution in [0.4, 0.5) is 0 Å². The van der Waals surface area contributed by atoms with Crippen molar-refractivity contribution in [1.82, 2.24) is 0 Å². The molecule has 15 unspecified atom stereocenters. The van der Waals surface area contributed by atoms with Crippen molar-refractivity contribution < 1.29 is 174 Å². The zero-order chi connectivity index (χ0) is 56.1. The Morgan fingerprint density at radius 3 is 0.351 bits per heavy atom. The van der Waals surface area contributed by atoms with Crippen molar-refractivity contribution in [2.24, 2.45) is 0 Å². The Morgan fingerprint density at radius 2 is 0.260 bits per heavy atom. The van der Waals surface area contributed by atoms with Gasteiger partial charge in [0.05, 0.1) is 46.2 Å². The number of aliphatic hydroxyl groups is 21. The second-order valence-electron chi connectivity index (χ2n) is 19.7. The SMILES string of the molecule is OC[C@H]1OC2OC3[C@@H](CO)OC(OC4[C@H](O)C(O)C(OC5[C@@H](CO)OC(O[C@H]6[C@H](O)C(O)[C@H](OC7[C@@H](CO)OC(O[C@H]8[C@H](O)C(O)C(OC1[C@H](O)C2O)O[C@@H]8CO)[C@H](O)[C@H]7O)O[C@@H]6CO)[C@H](O)[C@H]5O)O[C@@H]4CO)[C@H](O)[C@H]3O. The second kappa shape index (κ2) is 26.0. The highest BCUT2D eigenvalue weighted by Crippen LogP contribution is 2.39. The molecule has 14 bridgehead atoms. The largest absolute Gasteiger partial charge is 0.394 e. The first-order valence-electron chi connectivity index (χ1n) is 24.6. The van der Waals surface area contributed by atoms with E-state index < -0.39 is 261 Å². The van der Waals surface area contributed by atoms with Gasteiger partial charge in [-0.05, 0) is 0 Å². The van der Waals surface area contributed by atoms with Gasteiger partial charge in [0.25, 0.3) is 0 Å². The highest BCUT2D eigenvalue weighted by atomic mass is 16.8. The maximum Gasteiger partial charge on any atom is 0.187 e. The van der Waals surface area contributed by atoms with Gasteiger partial charge in [0.1, 0.15) is 171 Å². The van der Waals surface area contributed by atoms with Gasteiger partial charge in [0, 0.05) is 0 Å². The van der Waals surface area contributed by atoms with Gasteiger partial charge in [-0.15, -0.1) is 0 Å². The maximum atomic E-state index is 11.3. The minimum Gasteiger partial charge on any atom is -0.394 e. The Hall–Kier alpha value is -1.40. The normalized spacial score (nSPS) is 55.4. The van der Waals surface area contributed by atoms with Crippen LogP contribution in [0, 0.1) is 0 Å². The molecule has 0 aromatic carbocycles. The summed E-state index contributed by atoms with van der Waals surface area (Å²) in [7, 11) is 0. The molecular weight excluding hydrogens is 1060 g/mol. The predicted molar refractivity (Wildman–Crippen MR) is 228 cm³/mol. The number of ether oxygens (including phenoxy) is 14. The summed E-state index contributed by atoms with van der Waals surface area (Å²) in [5.41, 5.74) is 0. The van der Waals surface area contributed by atoms with Crippen molar-refractivity contribution in [3.8, 4) is 0 Å². The summed E-state index contributed by atoms with van der Waals surface area (Å²) in [6, 6.07) is 0. The molecule has 0 aromatic heterocycles. The van der Waals surface area contributed by atoms with Gasteiger partial charge in [-0.3, -0.25) is 0 Å². The van der Waals surface area contributed by atoms with Crippen molar-refractivity contribution in [1.29, 1.82) is 0 Å². The lowest BCUT2D eigenvalue weighted by molar-refractivity contribution is -0.396. The highest BCUT2D eigenvalue weighted by Gasteiger charge is 2.59. The van der Waals surface area contributed by atoms with Gasteiger partial charge in [0.2, 0.25) is 0 Å². The Bertz CT molecular complexity index is 1470. The average Bonchev–Trinajstić information content (AvgIpc) is 3.44. The molecule has 0 saturated carbocycles. The lowest BCUT2D eigenvalue weighted by Gasteiger charge is -2.50. The van der Waals surface area contributed by atoms with Crippen molar-refractivity contribution in [2.45, 2.75) is 215 Å². The van der Waals surface area contributed by atoms with Crippen LogP contribution in [0.25, 0.3) is 0 Å². The zero-order valence-electron chi connectivity index (χ0n) is 40.3. The van der Waals surface area contributed by atoms with Crippen molar-refractivity contribution in [3.05, 3.63) is 0 Å².